The van der Waals surface area contributed by atoms with Gasteiger partial charge in [0.1, 0.15) is 17.3 Å². The predicted octanol–water partition coefficient (Wildman–Crippen LogP) is 3.26. The normalized spacial score (nSPS) is 10.4. The number of nitriles is 1. The Kier molecular flexibility index (Phi) is 5.97. The van der Waals surface area contributed by atoms with Gasteiger partial charge in [-0.2, -0.15) is 10.4 Å². The number of nitrogens with zero attached hydrogens (tertiary/aromatic N) is 3. The van der Waals surface area contributed by atoms with Gasteiger partial charge in [-0.25, -0.2) is 5.43 Å². The minimum atomic E-state index is -0.482. The molecule has 3 rings (SSSR count). The monoisotopic (exact) mass is 390 g/mol. The number of amides is 1. The first kappa shape index (κ1) is 19.3. The van der Waals surface area contributed by atoms with Crippen LogP contribution in [0.1, 0.15) is 11.3 Å². The van der Waals surface area contributed by atoms with E-state index in [2.05, 4.69) is 10.5 Å². The Hall–Kier alpha value is -4.45. The van der Waals surface area contributed by atoms with Crippen molar-refractivity contribution in [1.82, 2.24) is 5.43 Å². The molecule has 0 bridgehead atoms. The van der Waals surface area contributed by atoms with E-state index in [1.54, 1.807) is 48.5 Å². The van der Waals surface area contributed by atoms with Crippen molar-refractivity contribution in [3.63, 3.8) is 0 Å². The molecule has 0 atom stereocenters. The highest BCUT2D eigenvalue weighted by Gasteiger charge is 2.10. The number of rotatable bonds is 7. The minimum Gasteiger partial charge on any atom is -0.484 e. The van der Waals surface area contributed by atoms with Gasteiger partial charge in [0.15, 0.2) is 6.61 Å². The van der Waals surface area contributed by atoms with Crippen LogP contribution in [0.4, 0.5) is 5.69 Å². The SMILES string of the molecule is N#Cc1ccc(OCC(=O)N/N=C/c2ccc(-c3cccc([N+](=O)[O-])c3)o2)cc1. The highest BCUT2D eigenvalue weighted by atomic mass is 16.6. The molecule has 1 aromatic heterocycles. The second kappa shape index (κ2) is 8.96. The zero-order chi connectivity index (χ0) is 20.6. The maximum atomic E-state index is 11.8. The first-order valence-corrected chi connectivity index (χ1v) is 8.34. The van der Waals surface area contributed by atoms with E-state index in [1.807, 2.05) is 6.07 Å². The van der Waals surface area contributed by atoms with Crippen molar-refractivity contribution in [2.24, 2.45) is 5.10 Å². The van der Waals surface area contributed by atoms with Crippen molar-refractivity contribution in [3.05, 3.63) is 82.1 Å². The van der Waals surface area contributed by atoms with E-state index in [4.69, 9.17) is 14.4 Å². The summed E-state index contributed by atoms with van der Waals surface area (Å²) >= 11 is 0. The van der Waals surface area contributed by atoms with Crippen LogP contribution in [0, 0.1) is 21.4 Å². The zero-order valence-electron chi connectivity index (χ0n) is 14.9. The summed E-state index contributed by atoms with van der Waals surface area (Å²) in [7, 11) is 0. The molecule has 2 aromatic carbocycles. The summed E-state index contributed by atoms with van der Waals surface area (Å²) < 4.78 is 10.8. The van der Waals surface area contributed by atoms with E-state index in [-0.39, 0.29) is 12.3 Å². The minimum absolute atomic E-state index is 0.0383. The highest BCUT2D eigenvalue weighted by Crippen LogP contribution is 2.25. The Morgan fingerprint density at radius 2 is 2.03 bits per heavy atom. The predicted molar refractivity (Wildman–Crippen MR) is 103 cm³/mol. The molecule has 0 saturated carbocycles. The lowest BCUT2D eigenvalue weighted by Gasteiger charge is -2.04. The molecule has 1 heterocycles. The molecule has 0 fully saturated rings. The van der Waals surface area contributed by atoms with E-state index < -0.39 is 10.8 Å². The van der Waals surface area contributed by atoms with Crippen LogP contribution in [0.25, 0.3) is 11.3 Å². The number of hydrazone groups is 1. The van der Waals surface area contributed by atoms with Crippen molar-refractivity contribution in [3.8, 4) is 23.1 Å². The average molecular weight is 390 g/mol. The van der Waals surface area contributed by atoms with E-state index in [1.165, 1.54) is 18.3 Å². The average Bonchev–Trinajstić information content (AvgIpc) is 3.21. The molecule has 0 aliphatic heterocycles. The summed E-state index contributed by atoms with van der Waals surface area (Å²) in [6, 6.07) is 17.7. The molecule has 0 radical (unpaired) electrons. The van der Waals surface area contributed by atoms with Crippen LogP contribution in [0.3, 0.4) is 0 Å². The second-order valence-electron chi connectivity index (χ2n) is 5.73. The molecule has 9 heteroatoms. The largest absolute Gasteiger partial charge is 0.484 e. The standard InChI is InChI=1S/C20H14N4O5/c21-11-14-4-6-17(7-5-14)28-13-20(25)23-22-12-18-8-9-19(29-18)15-2-1-3-16(10-15)24(26)27/h1-10,12H,13H2,(H,23,25)/b22-12+. The number of non-ortho nitro benzene ring substituents is 1. The maximum Gasteiger partial charge on any atom is 0.277 e. The number of hydrogen-bond acceptors (Lipinski definition) is 7. The molecule has 0 aliphatic carbocycles. The Morgan fingerprint density at radius 3 is 2.76 bits per heavy atom. The van der Waals surface area contributed by atoms with Crippen LogP contribution in [0.5, 0.6) is 5.75 Å². The van der Waals surface area contributed by atoms with Crippen LogP contribution >= 0.6 is 0 Å². The van der Waals surface area contributed by atoms with Gasteiger partial charge in [-0.15, -0.1) is 0 Å². The van der Waals surface area contributed by atoms with Crippen LogP contribution in [-0.2, 0) is 4.79 Å². The molecular formula is C20H14N4O5. The topological polar surface area (TPSA) is 131 Å². The Bertz CT molecular complexity index is 1100. The molecule has 144 valence electrons. The fraction of sp³-hybridized carbons (Fsp3) is 0.0500. The molecule has 0 spiro atoms. The van der Waals surface area contributed by atoms with Gasteiger partial charge >= 0.3 is 0 Å². The fourth-order valence-electron chi connectivity index (χ4n) is 2.32. The summed E-state index contributed by atoms with van der Waals surface area (Å²) in [5.74, 6) is 0.775. The first-order chi connectivity index (χ1) is 14.0. The van der Waals surface area contributed by atoms with E-state index in [0.717, 1.165) is 0 Å². The second-order valence-corrected chi connectivity index (χ2v) is 5.73. The van der Waals surface area contributed by atoms with Crippen molar-refractivity contribution >= 4 is 17.8 Å². The van der Waals surface area contributed by atoms with Crippen LogP contribution in [0.15, 0.2) is 70.2 Å². The number of carbonyl (C=O) groups is 1. The summed E-state index contributed by atoms with van der Waals surface area (Å²) in [6.07, 6.45) is 1.31. The Morgan fingerprint density at radius 1 is 1.24 bits per heavy atom. The summed E-state index contributed by atoms with van der Waals surface area (Å²) in [5, 5.41) is 23.4. The van der Waals surface area contributed by atoms with Gasteiger partial charge in [0.2, 0.25) is 0 Å². The molecule has 29 heavy (non-hydrogen) atoms. The summed E-state index contributed by atoms with van der Waals surface area (Å²) in [6.45, 7) is -0.250. The molecule has 0 aliphatic rings. The first-order valence-electron chi connectivity index (χ1n) is 8.34. The lowest BCUT2D eigenvalue weighted by atomic mass is 10.1. The number of nitrogens with one attached hydrogen (secondary N) is 1. The van der Waals surface area contributed by atoms with Crippen LogP contribution < -0.4 is 10.2 Å². The lowest BCUT2D eigenvalue weighted by molar-refractivity contribution is -0.384. The quantitative estimate of drug-likeness (QED) is 0.374. The number of nitro groups is 1. The Balaban J connectivity index is 1.53. The number of hydrogen-bond donors (Lipinski definition) is 1. The fourth-order valence-corrected chi connectivity index (χ4v) is 2.32. The number of benzene rings is 2. The van der Waals surface area contributed by atoms with E-state index in [9.17, 15) is 14.9 Å². The molecule has 9 nitrogen and oxygen atoms in total. The van der Waals surface area contributed by atoms with Crippen molar-refractivity contribution in [1.29, 1.82) is 5.26 Å². The zero-order valence-corrected chi connectivity index (χ0v) is 14.9. The number of carbonyl (C=O) groups excluding carboxylic acids is 1. The van der Waals surface area contributed by atoms with Gasteiger partial charge in [0.25, 0.3) is 11.6 Å². The van der Waals surface area contributed by atoms with Gasteiger partial charge in [-0.05, 0) is 36.4 Å². The molecule has 0 unspecified atom stereocenters. The van der Waals surface area contributed by atoms with E-state index in [0.29, 0.717) is 28.4 Å². The molecule has 1 N–H and O–H groups in total. The third-order valence-corrected chi connectivity index (χ3v) is 3.70. The lowest BCUT2D eigenvalue weighted by Crippen LogP contribution is -2.24. The van der Waals surface area contributed by atoms with Crippen molar-refractivity contribution in [2.75, 3.05) is 6.61 Å². The molecule has 1 amide bonds. The third-order valence-electron chi connectivity index (χ3n) is 3.70. The summed E-state index contributed by atoms with van der Waals surface area (Å²) in [5.41, 5.74) is 3.31. The smallest absolute Gasteiger partial charge is 0.277 e. The number of ether oxygens (including phenoxy) is 1. The summed E-state index contributed by atoms with van der Waals surface area (Å²) in [4.78, 5) is 22.1. The van der Waals surface area contributed by atoms with Crippen LogP contribution in [-0.4, -0.2) is 23.7 Å². The number of nitro benzene ring substituents is 1. The molecule has 0 saturated heterocycles. The number of furan rings is 1. The van der Waals surface area contributed by atoms with Gasteiger partial charge in [0, 0.05) is 17.7 Å². The Labute approximate surface area is 165 Å². The molecular weight excluding hydrogens is 376 g/mol. The van der Waals surface area contributed by atoms with Crippen molar-refractivity contribution < 1.29 is 18.9 Å². The van der Waals surface area contributed by atoms with Gasteiger partial charge in [-0.1, -0.05) is 12.1 Å². The van der Waals surface area contributed by atoms with E-state index >= 15 is 0 Å². The van der Waals surface area contributed by atoms with Gasteiger partial charge in [-0.3, -0.25) is 14.9 Å². The third kappa shape index (κ3) is 5.27. The van der Waals surface area contributed by atoms with Crippen LogP contribution in [0.2, 0.25) is 0 Å². The molecule has 3 aromatic rings. The van der Waals surface area contributed by atoms with Gasteiger partial charge < -0.3 is 9.15 Å². The maximum absolute atomic E-state index is 11.8. The van der Waals surface area contributed by atoms with Gasteiger partial charge in [0.05, 0.1) is 22.8 Å². The van der Waals surface area contributed by atoms with Crippen molar-refractivity contribution in [2.45, 2.75) is 0 Å². The highest BCUT2D eigenvalue weighted by molar-refractivity contribution is 5.81.